The molecule has 0 bridgehead atoms. The Morgan fingerprint density at radius 2 is 2.12 bits per heavy atom. The van der Waals surface area contributed by atoms with Crippen LogP contribution in [0, 0.1) is 5.82 Å². The number of nitrogens with zero attached hydrogens (tertiary/aromatic N) is 3. The lowest BCUT2D eigenvalue weighted by atomic mass is 10.2. The van der Waals surface area contributed by atoms with Crippen molar-refractivity contribution in [1.29, 1.82) is 0 Å². The van der Waals surface area contributed by atoms with Crippen molar-refractivity contribution in [2.24, 2.45) is 0 Å². The number of piperazine rings is 1. The zero-order valence-corrected chi connectivity index (χ0v) is 10.9. The fourth-order valence-corrected chi connectivity index (χ4v) is 2.30. The van der Waals surface area contributed by atoms with Gasteiger partial charge >= 0.3 is 0 Å². The molecule has 17 heavy (non-hydrogen) atoms. The largest absolute Gasteiger partial charge is 0.296 e. The van der Waals surface area contributed by atoms with Gasteiger partial charge in [0.15, 0.2) is 0 Å². The Morgan fingerprint density at radius 3 is 2.71 bits per heavy atom. The molecular weight excluding hydrogens is 237 g/mol. The second kappa shape index (κ2) is 5.80. The molecule has 0 amide bonds. The molecule has 5 heteroatoms. The molecule has 0 radical (unpaired) electrons. The zero-order chi connectivity index (χ0) is 12.3. The molecule has 3 nitrogen and oxygen atoms in total. The van der Waals surface area contributed by atoms with E-state index in [1.807, 2.05) is 0 Å². The molecule has 1 aromatic heterocycles. The first-order chi connectivity index (χ1) is 8.16. The molecule has 0 aliphatic carbocycles. The molecule has 1 aromatic rings. The summed E-state index contributed by atoms with van der Waals surface area (Å²) in [7, 11) is 0. The van der Waals surface area contributed by atoms with Gasteiger partial charge in [0.25, 0.3) is 0 Å². The molecular formula is C12H18FN3S. The number of pyridine rings is 1. The van der Waals surface area contributed by atoms with Crippen LogP contribution >= 0.6 is 12.6 Å². The Labute approximate surface area is 107 Å². The maximum absolute atomic E-state index is 13.4. The minimum Gasteiger partial charge on any atom is -0.296 e. The summed E-state index contributed by atoms with van der Waals surface area (Å²) in [4.78, 5) is 8.35. The van der Waals surface area contributed by atoms with E-state index in [1.54, 1.807) is 12.3 Å². The van der Waals surface area contributed by atoms with Gasteiger partial charge in [0.05, 0.1) is 6.20 Å². The first kappa shape index (κ1) is 12.8. The third-order valence-corrected chi connectivity index (χ3v) is 3.51. The van der Waals surface area contributed by atoms with Crippen LogP contribution in [-0.4, -0.2) is 46.3 Å². The molecule has 1 fully saturated rings. The number of hydrogen-bond donors (Lipinski definition) is 1. The Balaban J connectivity index is 1.88. The van der Waals surface area contributed by atoms with Crippen LogP contribution in [0.4, 0.5) is 4.39 Å². The average molecular weight is 255 g/mol. The van der Waals surface area contributed by atoms with Gasteiger partial charge in [-0.1, -0.05) is 0 Å². The quantitative estimate of drug-likeness (QED) is 0.828. The summed E-state index contributed by atoms with van der Waals surface area (Å²) in [6.07, 6.45) is 2.92. The average Bonchev–Trinajstić information content (AvgIpc) is 2.33. The maximum atomic E-state index is 13.4. The maximum Gasteiger partial charge on any atom is 0.145 e. The molecule has 1 aliphatic rings. The fraction of sp³-hybridized carbons (Fsp3) is 0.583. The van der Waals surface area contributed by atoms with Gasteiger partial charge in [-0.25, -0.2) is 4.39 Å². The lowest BCUT2D eigenvalue weighted by Gasteiger charge is -2.36. The Kier molecular flexibility index (Phi) is 4.36. The first-order valence-electron chi connectivity index (χ1n) is 5.89. The van der Waals surface area contributed by atoms with Gasteiger partial charge in [-0.05, 0) is 13.0 Å². The summed E-state index contributed by atoms with van der Waals surface area (Å²) in [6.45, 7) is 6.68. The van der Waals surface area contributed by atoms with Crippen LogP contribution in [0.1, 0.15) is 12.5 Å². The molecule has 94 valence electrons. The van der Waals surface area contributed by atoms with Crippen molar-refractivity contribution in [2.45, 2.75) is 18.8 Å². The molecule has 1 unspecified atom stereocenters. The summed E-state index contributed by atoms with van der Waals surface area (Å²) in [6, 6.07) is 1.75. The van der Waals surface area contributed by atoms with E-state index in [1.165, 1.54) is 6.20 Å². The van der Waals surface area contributed by atoms with Crippen molar-refractivity contribution in [3.05, 3.63) is 29.8 Å². The lowest BCUT2D eigenvalue weighted by Crippen LogP contribution is -2.47. The summed E-state index contributed by atoms with van der Waals surface area (Å²) in [5, 5.41) is 0.301. The Morgan fingerprint density at radius 1 is 1.41 bits per heavy atom. The van der Waals surface area contributed by atoms with Crippen LogP contribution in [0.3, 0.4) is 0 Å². The Hall–Kier alpha value is -0.650. The molecule has 0 aromatic carbocycles. The van der Waals surface area contributed by atoms with Gasteiger partial charge < -0.3 is 0 Å². The van der Waals surface area contributed by atoms with Crippen LogP contribution in [-0.2, 0) is 6.54 Å². The third-order valence-electron chi connectivity index (χ3n) is 3.19. The van der Waals surface area contributed by atoms with E-state index in [0.717, 1.165) is 31.7 Å². The van der Waals surface area contributed by atoms with E-state index in [0.29, 0.717) is 11.9 Å². The van der Waals surface area contributed by atoms with Crippen LogP contribution in [0.2, 0.25) is 0 Å². The number of aromatic nitrogens is 1. The Bertz CT molecular complexity index is 365. The van der Waals surface area contributed by atoms with E-state index in [4.69, 9.17) is 0 Å². The number of hydrogen-bond acceptors (Lipinski definition) is 4. The monoisotopic (exact) mass is 255 g/mol. The highest BCUT2D eigenvalue weighted by Crippen LogP contribution is 2.13. The number of rotatable bonds is 3. The van der Waals surface area contributed by atoms with E-state index in [2.05, 4.69) is 34.3 Å². The van der Waals surface area contributed by atoms with Crippen LogP contribution in [0.5, 0.6) is 0 Å². The molecule has 2 heterocycles. The van der Waals surface area contributed by atoms with Crippen molar-refractivity contribution in [3.63, 3.8) is 0 Å². The van der Waals surface area contributed by atoms with Gasteiger partial charge in [0.1, 0.15) is 5.82 Å². The molecule has 2 rings (SSSR count). The minimum atomic E-state index is -0.211. The predicted molar refractivity (Wildman–Crippen MR) is 69.5 cm³/mol. The zero-order valence-electron chi connectivity index (χ0n) is 10.0. The second-order valence-corrected chi connectivity index (χ2v) is 5.16. The highest BCUT2D eigenvalue weighted by Gasteiger charge is 2.19. The highest BCUT2D eigenvalue weighted by atomic mass is 32.1. The summed E-state index contributed by atoms with van der Waals surface area (Å²) >= 11 is 4.43. The van der Waals surface area contributed by atoms with Crippen LogP contribution in [0.15, 0.2) is 18.5 Å². The molecule has 1 saturated heterocycles. The van der Waals surface area contributed by atoms with Gasteiger partial charge in [0, 0.05) is 49.9 Å². The van der Waals surface area contributed by atoms with Gasteiger partial charge in [-0.15, -0.1) is 0 Å². The number of thiol groups is 1. The summed E-state index contributed by atoms with van der Waals surface area (Å²) in [5.74, 6) is -0.211. The molecule has 1 atom stereocenters. The lowest BCUT2D eigenvalue weighted by molar-refractivity contribution is 0.122. The van der Waals surface area contributed by atoms with E-state index < -0.39 is 0 Å². The van der Waals surface area contributed by atoms with Gasteiger partial charge in [0.2, 0.25) is 0 Å². The second-order valence-electron chi connectivity index (χ2n) is 4.41. The van der Waals surface area contributed by atoms with Crippen LogP contribution < -0.4 is 0 Å². The molecule has 0 N–H and O–H groups in total. The van der Waals surface area contributed by atoms with Crippen molar-refractivity contribution in [3.8, 4) is 0 Å². The van der Waals surface area contributed by atoms with Gasteiger partial charge in [-0.3, -0.25) is 14.8 Å². The van der Waals surface area contributed by atoms with Gasteiger partial charge in [-0.2, -0.15) is 12.6 Å². The first-order valence-corrected chi connectivity index (χ1v) is 6.41. The minimum absolute atomic E-state index is 0.211. The SMILES string of the molecule is CC(S)N1CCN(Cc2ccncc2F)CC1. The van der Waals surface area contributed by atoms with Crippen molar-refractivity contribution < 1.29 is 4.39 Å². The smallest absolute Gasteiger partial charge is 0.145 e. The van der Waals surface area contributed by atoms with Crippen molar-refractivity contribution >= 4 is 12.6 Å². The van der Waals surface area contributed by atoms with Crippen molar-refractivity contribution in [1.82, 2.24) is 14.8 Å². The fourth-order valence-electron chi connectivity index (χ4n) is 2.07. The standard InChI is InChI=1S/C12H18FN3S/c1-10(17)16-6-4-15(5-7-16)9-11-2-3-14-8-12(11)13/h2-3,8,10,17H,4-7,9H2,1H3. The topological polar surface area (TPSA) is 19.4 Å². The molecule has 1 aliphatic heterocycles. The van der Waals surface area contributed by atoms with Crippen LogP contribution in [0.25, 0.3) is 0 Å². The van der Waals surface area contributed by atoms with E-state index in [9.17, 15) is 4.39 Å². The van der Waals surface area contributed by atoms with E-state index in [-0.39, 0.29) is 5.82 Å². The number of halogens is 1. The normalized spacial score (nSPS) is 20.4. The summed E-state index contributed by atoms with van der Waals surface area (Å²) in [5.41, 5.74) is 0.729. The molecule has 0 spiro atoms. The van der Waals surface area contributed by atoms with E-state index >= 15 is 0 Å². The molecule has 0 saturated carbocycles. The third kappa shape index (κ3) is 3.40. The summed E-state index contributed by atoms with van der Waals surface area (Å²) < 4.78 is 13.4. The van der Waals surface area contributed by atoms with Crippen molar-refractivity contribution in [2.75, 3.05) is 26.2 Å². The predicted octanol–water partition coefficient (Wildman–Crippen LogP) is 1.61. The highest BCUT2D eigenvalue weighted by molar-refractivity contribution is 7.80.